The second-order valence-corrected chi connectivity index (χ2v) is 5.40. The molecule has 2 aromatic rings. The summed E-state index contributed by atoms with van der Waals surface area (Å²) >= 11 is 0. The molecule has 6 heteroatoms. The Morgan fingerprint density at radius 1 is 0.864 bits per heavy atom. The molecule has 1 fully saturated rings. The van der Waals surface area contributed by atoms with Crippen molar-refractivity contribution in [3.63, 3.8) is 0 Å². The summed E-state index contributed by atoms with van der Waals surface area (Å²) in [5.74, 6) is 0.0478. The summed E-state index contributed by atoms with van der Waals surface area (Å²) in [7, 11) is 0. The van der Waals surface area contributed by atoms with Crippen LogP contribution in [0, 0.1) is 0 Å². The first-order valence-electron chi connectivity index (χ1n) is 7.43. The summed E-state index contributed by atoms with van der Waals surface area (Å²) < 4.78 is 10.2. The molecule has 0 radical (unpaired) electrons. The van der Waals surface area contributed by atoms with Crippen LogP contribution in [0.25, 0.3) is 0 Å². The smallest absolute Gasteiger partial charge is 0.287 e. The van der Waals surface area contributed by atoms with E-state index < -0.39 is 0 Å². The molecule has 2 amide bonds. The standard InChI is InChI=1S/C16H18N2O4/c19-15(13-7-3-9-21-13)17-11-5-1-2-6-12(11)18-16(20)14-8-4-10-22-14/h3-4,7-12H,1-2,5-6H2,(H,17,19)(H,18,20)/t11-,12-/m0/s1. The van der Waals surface area contributed by atoms with Crippen LogP contribution in [-0.4, -0.2) is 23.9 Å². The maximum absolute atomic E-state index is 12.1. The lowest BCUT2D eigenvalue weighted by Crippen LogP contribution is -2.53. The van der Waals surface area contributed by atoms with Crippen molar-refractivity contribution >= 4 is 11.8 Å². The molecular formula is C16H18N2O4. The number of rotatable bonds is 4. The Morgan fingerprint density at radius 3 is 1.68 bits per heavy atom. The van der Waals surface area contributed by atoms with E-state index in [1.165, 1.54) is 12.5 Å². The first kappa shape index (κ1) is 14.4. The van der Waals surface area contributed by atoms with Gasteiger partial charge in [-0.25, -0.2) is 0 Å². The minimum absolute atomic E-state index is 0.106. The van der Waals surface area contributed by atoms with Crippen molar-refractivity contribution in [2.45, 2.75) is 37.8 Å². The molecule has 0 aliphatic heterocycles. The summed E-state index contributed by atoms with van der Waals surface area (Å²) in [6, 6.07) is 6.37. The molecule has 0 aromatic carbocycles. The van der Waals surface area contributed by atoms with E-state index in [1.807, 2.05) is 0 Å². The van der Waals surface area contributed by atoms with Crippen molar-refractivity contribution in [1.82, 2.24) is 10.6 Å². The molecule has 3 rings (SSSR count). The number of amides is 2. The lowest BCUT2D eigenvalue weighted by molar-refractivity contribution is 0.0834. The molecule has 6 nitrogen and oxygen atoms in total. The van der Waals surface area contributed by atoms with E-state index in [4.69, 9.17) is 8.83 Å². The Balaban J connectivity index is 1.63. The maximum Gasteiger partial charge on any atom is 0.287 e. The first-order valence-corrected chi connectivity index (χ1v) is 7.43. The van der Waals surface area contributed by atoms with E-state index in [2.05, 4.69) is 10.6 Å². The highest BCUT2D eigenvalue weighted by atomic mass is 16.3. The van der Waals surface area contributed by atoms with Crippen molar-refractivity contribution in [3.05, 3.63) is 48.3 Å². The highest BCUT2D eigenvalue weighted by Gasteiger charge is 2.29. The largest absolute Gasteiger partial charge is 0.459 e. The lowest BCUT2D eigenvalue weighted by Gasteiger charge is -2.32. The zero-order chi connectivity index (χ0) is 15.4. The Morgan fingerprint density at radius 2 is 1.32 bits per heavy atom. The number of hydrogen-bond acceptors (Lipinski definition) is 4. The average molecular weight is 302 g/mol. The molecule has 2 N–H and O–H groups in total. The fraction of sp³-hybridized carbons (Fsp3) is 0.375. The summed E-state index contributed by atoms with van der Waals surface area (Å²) in [6.07, 6.45) is 6.63. The molecule has 1 saturated carbocycles. The first-order chi connectivity index (χ1) is 10.7. The highest BCUT2D eigenvalue weighted by Crippen LogP contribution is 2.20. The van der Waals surface area contributed by atoms with Gasteiger partial charge in [-0.15, -0.1) is 0 Å². The van der Waals surface area contributed by atoms with Gasteiger partial charge in [0.2, 0.25) is 0 Å². The zero-order valence-electron chi connectivity index (χ0n) is 12.1. The van der Waals surface area contributed by atoms with Gasteiger partial charge < -0.3 is 19.5 Å². The lowest BCUT2D eigenvalue weighted by atomic mass is 9.90. The van der Waals surface area contributed by atoms with Gasteiger partial charge in [-0.3, -0.25) is 9.59 Å². The van der Waals surface area contributed by atoms with Gasteiger partial charge in [0, 0.05) is 12.1 Å². The Labute approximate surface area is 127 Å². The van der Waals surface area contributed by atoms with Crippen LogP contribution >= 0.6 is 0 Å². The molecule has 2 aromatic heterocycles. The van der Waals surface area contributed by atoms with Crippen LogP contribution in [0.3, 0.4) is 0 Å². The van der Waals surface area contributed by atoms with Gasteiger partial charge in [-0.1, -0.05) is 12.8 Å². The maximum atomic E-state index is 12.1. The van der Waals surface area contributed by atoms with Crippen LogP contribution in [0.4, 0.5) is 0 Å². The SMILES string of the molecule is O=C(N[C@H]1CCCC[C@@H]1NC(=O)c1ccco1)c1ccco1. The number of nitrogens with one attached hydrogen (secondary N) is 2. The predicted molar refractivity (Wildman–Crippen MR) is 78.4 cm³/mol. The van der Waals surface area contributed by atoms with Crippen LogP contribution in [0.1, 0.15) is 46.8 Å². The number of hydrogen-bond donors (Lipinski definition) is 2. The van der Waals surface area contributed by atoms with Crippen molar-refractivity contribution in [2.24, 2.45) is 0 Å². The number of carbonyl (C=O) groups is 2. The van der Waals surface area contributed by atoms with Gasteiger partial charge in [0.05, 0.1) is 12.5 Å². The minimum atomic E-state index is -0.255. The molecule has 2 atom stereocenters. The zero-order valence-corrected chi connectivity index (χ0v) is 12.1. The second kappa shape index (κ2) is 6.51. The molecule has 2 heterocycles. The molecular weight excluding hydrogens is 284 g/mol. The Hall–Kier alpha value is -2.50. The van der Waals surface area contributed by atoms with Gasteiger partial charge in [0.15, 0.2) is 11.5 Å². The van der Waals surface area contributed by atoms with E-state index in [1.54, 1.807) is 24.3 Å². The summed E-state index contributed by atoms with van der Waals surface area (Å²) in [5, 5.41) is 5.89. The number of furan rings is 2. The van der Waals surface area contributed by atoms with Crippen molar-refractivity contribution < 1.29 is 18.4 Å². The van der Waals surface area contributed by atoms with E-state index in [9.17, 15) is 9.59 Å². The van der Waals surface area contributed by atoms with E-state index >= 15 is 0 Å². The van der Waals surface area contributed by atoms with Crippen LogP contribution < -0.4 is 10.6 Å². The Bertz CT molecular complexity index is 562. The topological polar surface area (TPSA) is 84.5 Å². The van der Waals surface area contributed by atoms with Crippen molar-refractivity contribution in [1.29, 1.82) is 0 Å². The molecule has 0 unspecified atom stereocenters. The quantitative estimate of drug-likeness (QED) is 0.908. The fourth-order valence-corrected chi connectivity index (χ4v) is 2.77. The molecule has 1 aliphatic rings. The summed E-state index contributed by atoms with van der Waals surface area (Å²) in [5.41, 5.74) is 0. The molecule has 116 valence electrons. The summed E-state index contributed by atoms with van der Waals surface area (Å²) in [4.78, 5) is 24.2. The van der Waals surface area contributed by atoms with E-state index in [0.717, 1.165) is 25.7 Å². The second-order valence-electron chi connectivity index (χ2n) is 5.40. The third kappa shape index (κ3) is 3.21. The normalized spacial score (nSPS) is 21.3. The van der Waals surface area contributed by atoms with Crippen molar-refractivity contribution in [3.8, 4) is 0 Å². The summed E-state index contributed by atoms with van der Waals surface area (Å²) in [6.45, 7) is 0. The van der Waals surface area contributed by atoms with Gasteiger partial charge in [-0.2, -0.15) is 0 Å². The molecule has 22 heavy (non-hydrogen) atoms. The third-order valence-corrected chi connectivity index (χ3v) is 3.89. The average Bonchev–Trinajstić information content (AvgIpc) is 3.23. The van der Waals surface area contributed by atoms with E-state index in [0.29, 0.717) is 0 Å². The monoisotopic (exact) mass is 302 g/mol. The van der Waals surface area contributed by atoms with Crippen LogP contribution in [0.15, 0.2) is 45.6 Å². The van der Waals surface area contributed by atoms with Crippen molar-refractivity contribution in [2.75, 3.05) is 0 Å². The fourth-order valence-electron chi connectivity index (χ4n) is 2.77. The molecule has 0 spiro atoms. The number of carbonyl (C=O) groups excluding carboxylic acids is 2. The Kier molecular flexibility index (Phi) is 4.27. The predicted octanol–water partition coefficient (Wildman–Crippen LogP) is 2.34. The van der Waals surface area contributed by atoms with Crippen LogP contribution in [0.2, 0.25) is 0 Å². The van der Waals surface area contributed by atoms with Crippen LogP contribution in [0.5, 0.6) is 0 Å². The molecule has 0 bridgehead atoms. The van der Waals surface area contributed by atoms with Gasteiger partial charge in [0.25, 0.3) is 11.8 Å². The van der Waals surface area contributed by atoms with Gasteiger partial charge in [0.1, 0.15) is 0 Å². The van der Waals surface area contributed by atoms with Gasteiger partial charge >= 0.3 is 0 Å². The van der Waals surface area contributed by atoms with Crippen LogP contribution in [-0.2, 0) is 0 Å². The third-order valence-electron chi connectivity index (χ3n) is 3.89. The minimum Gasteiger partial charge on any atom is -0.459 e. The molecule has 1 aliphatic carbocycles. The highest BCUT2D eigenvalue weighted by molar-refractivity contribution is 5.92. The molecule has 0 saturated heterocycles. The van der Waals surface area contributed by atoms with Gasteiger partial charge in [-0.05, 0) is 37.1 Å². The van der Waals surface area contributed by atoms with E-state index in [-0.39, 0.29) is 35.4 Å².